The Kier molecular flexibility index (Phi) is 4.73. The first-order chi connectivity index (χ1) is 10.6. The number of nitrogens with one attached hydrogen (secondary N) is 1. The number of rotatable bonds is 4. The maximum absolute atomic E-state index is 12.2. The van der Waals surface area contributed by atoms with Crippen molar-refractivity contribution in [2.24, 2.45) is 0 Å². The summed E-state index contributed by atoms with van der Waals surface area (Å²) in [6.07, 6.45) is 0.602. The molecule has 3 heterocycles. The Balaban J connectivity index is 1.51. The number of piperazine rings is 1. The van der Waals surface area contributed by atoms with E-state index in [0.29, 0.717) is 12.3 Å². The average Bonchev–Trinajstić information content (AvgIpc) is 2.96. The fourth-order valence-corrected chi connectivity index (χ4v) is 3.17. The molecule has 122 valence electrons. The third-order valence-corrected chi connectivity index (χ3v) is 4.49. The van der Waals surface area contributed by atoms with E-state index in [-0.39, 0.29) is 5.91 Å². The summed E-state index contributed by atoms with van der Waals surface area (Å²) in [6.45, 7) is 11.3. The van der Waals surface area contributed by atoms with Crippen molar-refractivity contribution >= 4 is 5.91 Å². The van der Waals surface area contributed by atoms with E-state index in [1.807, 2.05) is 4.90 Å². The predicted octanol–water partition coefficient (Wildman–Crippen LogP) is 0.0390. The molecule has 0 spiro atoms. The zero-order valence-electron chi connectivity index (χ0n) is 13.6. The van der Waals surface area contributed by atoms with Crippen LogP contribution in [-0.4, -0.2) is 69.7 Å². The molecule has 3 rings (SSSR count). The van der Waals surface area contributed by atoms with Gasteiger partial charge in [0.1, 0.15) is 11.6 Å². The highest BCUT2D eigenvalue weighted by molar-refractivity contribution is 5.76. The maximum Gasteiger partial charge on any atom is 0.223 e. The van der Waals surface area contributed by atoms with Crippen LogP contribution in [0.1, 0.15) is 37.8 Å². The molecule has 0 aromatic carbocycles. The molecule has 0 aliphatic carbocycles. The van der Waals surface area contributed by atoms with Crippen molar-refractivity contribution in [3.63, 3.8) is 0 Å². The van der Waals surface area contributed by atoms with Crippen LogP contribution in [0, 0.1) is 0 Å². The summed E-state index contributed by atoms with van der Waals surface area (Å²) in [5.41, 5.74) is 0. The number of aromatic nitrogens is 3. The first-order valence-electron chi connectivity index (χ1n) is 8.28. The minimum atomic E-state index is 0.274. The molecule has 1 aromatic rings. The molecule has 1 amide bonds. The van der Waals surface area contributed by atoms with Crippen LogP contribution in [-0.2, 0) is 17.9 Å². The molecular weight excluding hydrogens is 280 g/mol. The third-order valence-electron chi connectivity index (χ3n) is 4.49. The van der Waals surface area contributed by atoms with Gasteiger partial charge in [-0.2, -0.15) is 0 Å². The molecule has 1 fully saturated rings. The first kappa shape index (κ1) is 15.4. The SMILES string of the molecule is CC(C)c1nnc2n1CCN(CCC(=O)N1CCNCC1)C2. The molecule has 2 aliphatic heterocycles. The Morgan fingerprint density at radius 1 is 1.18 bits per heavy atom. The first-order valence-corrected chi connectivity index (χ1v) is 8.28. The largest absolute Gasteiger partial charge is 0.340 e. The van der Waals surface area contributed by atoms with Gasteiger partial charge in [0.15, 0.2) is 0 Å². The van der Waals surface area contributed by atoms with Gasteiger partial charge in [0.05, 0.1) is 6.54 Å². The van der Waals surface area contributed by atoms with Crippen LogP contribution in [0.25, 0.3) is 0 Å². The summed E-state index contributed by atoms with van der Waals surface area (Å²) in [5, 5.41) is 11.9. The number of hydrogen-bond donors (Lipinski definition) is 1. The zero-order valence-corrected chi connectivity index (χ0v) is 13.6. The molecule has 0 saturated carbocycles. The van der Waals surface area contributed by atoms with Gasteiger partial charge in [-0.15, -0.1) is 10.2 Å². The van der Waals surface area contributed by atoms with Crippen molar-refractivity contribution in [1.29, 1.82) is 0 Å². The predicted molar refractivity (Wildman–Crippen MR) is 83.5 cm³/mol. The monoisotopic (exact) mass is 306 g/mol. The van der Waals surface area contributed by atoms with E-state index in [0.717, 1.165) is 64.0 Å². The smallest absolute Gasteiger partial charge is 0.223 e. The van der Waals surface area contributed by atoms with Gasteiger partial charge in [-0.25, -0.2) is 0 Å². The highest BCUT2D eigenvalue weighted by Gasteiger charge is 2.23. The molecule has 1 saturated heterocycles. The van der Waals surface area contributed by atoms with Gasteiger partial charge in [0.2, 0.25) is 5.91 Å². The molecule has 0 unspecified atom stereocenters. The summed E-state index contributed by atoms with van der Waals surface area (Å²) in [6, 6.07) is 0. The Morgan fingerprint density at radius 3 is 2.68 bits per heavy atom. The van der Waals surface area contributed by atoms with Gasteiger partial charge in [0, 0.05) is 58.2 Å². The van der Waals surface area contributed by atoms with Crippen LogP contribution < -0.4 is 5.32 Å². The second kappa shape index (κ2) is 6.75. The van der Waals surface area contributed by atoms with E-state index in [2.05, 4.69) is 38.8 Å². The number of fused-ring (bicyclic) bond motifs is 1. The third kappa shape index (κ3) is 3.30. The van der Waals surface area contributed by atoms with E-state index in [9.17, 15) is 4.79 Å². The van der Waals surface area contributed by atoms with Crippen molar-refractivity contribution < 1.29 is 4.79 Å². The normalized spacial score (nSPS) is 19.5. The van der Waals surface area contributed by atoms with Crippen molar-refractivity contribution in [3.05, 3.63) is 11.6 Å². The average molecular weight is 306 g/mol. The number of carbonyl (C=O) groups is 1. The van der Waals surface area contributed by atoms with Crippen molar-refractivity contribution in [1.82, 2.24) is 29.9 Å². The van der Waals surface area contributed by atoms with Crippen LogP contribution in [0.15, 0.2) is 0 Å². The number of carbonyl (C=O) groups excluding carboxylic acids is 1. The molecule has 2 aliphatic rings. The molecular formula is C15H26N6O. The molecule has 7 nitrogen and oxygen atoms in total. The lowest BCUT2D eigenvalue weighted by atomic mass is 10.2. The van der Waals surface area contributed by atoms with Crippen LogP contribution in [0.5, 0.6) is 0 Å². The Labute approximate surface area is 131 Å². The van der Waals surface area contributed by atoms with Crippen LogP contribution in [0.2, 0.25) is 0 Å². The quantitative estimate of drug-likeness (QED) is 0.851. The minimum Gasteiger partial charge on any atom is -0.340 e. The number of hydrogen-bond acceptors (Lipinski definition) is 5. The fraction of sp³-hybridized carbons (Fsp3) is 0.800. The lowest BCUT2D eigenvalue weighted by Crippen LogP contribution is -2.47. The second-order valence-electron chi connectivity index (χ2n) is 6.44. The van der Waals surface area contributed by atoms with Gasteiger partial charge in [-0.05, 0) is 0 Å². The molecule has 1 N–H and O–H groups in total. The summed E-state index contributed by atoms with van der Waals surface area (Å²) in [5.74, 6) is 2.79. The van der Waals surface area contributed by atoms with Gasteiger partial charge in [-0.1, -0.05) is 13.8 Å². The lowest BCUT2D eigenvalue weighted by Gasteiger charge is -2.30. The second-order valence-corrected chi connectivity index (χ2v) is 6.44. The van der Waals surface area contributed by atoms with E-state index in [4.69, 9.17) is 0 Å². The summed E-state index contributed by atoms with van der Waals surface area (Å²) in [7, 11) is 0. The van der Waals surface area contributed by atoms with E-state index in [1.54, 1.807) is 0 Å². The highest BCUT2D eigenvalue weighted by atomic mass is 16.2. The molecule has 7 heteroatoms. The van der Waals surface area contributed by atoms with E-state index >= 15 is 0 Å². The van der Waals surface area contributed by atoms with Gasteiger partial charge in [-0.3, -0.25) is 9.69 Å². The lowest BCUT2D eigenvalue weighted by molar-refractivity contribution is -0.132. The van der Waals surface area contributed by atoms with Gasteiger partial charge < -0.3 is 14.8 Å². The van der Waals surface area contributed by atoms with Crippen molar-refractivity contribution in [3.8, 4) is 0 Å². The van der Waals surface area contributed by atoms with Crippen LogP contribution in [0.3, 0.4) is 0 Å². The topological polar surface area (TPSA) is 66.3 Å². The molecule has 1 aromatic heterocycles. The molecule has 22 heavy (non-hydrogen) atoms. The highest BCUT2D eigenvalue weighted by Crippen LogP contribution is 2.18. The number of amides is 1. The van der Waals surface area contributed by atoms with E-state index in [1.165, 1.54) is 0 Å². The summed E-state index contributed by atoms with van der Waals surface area (Å²) >= 11 is 0. The minimum absolute atomic E-state index is 0.274. The molecule has 0 atom stereocenters. The molecule has 0 radical (unpaired) electrons. The fourth-order valence-electron chi connectivity index (χ4n) is 3.17. The Hall–Kier alpha value is -1.47. The van der Waals surface area contributed by atoms with Crippen LogP contribution in [0.4, 0.5) is 0 Å². The number of nitrogens with zero attached hydrogens (tertiary/aromatic N) is 5. The Bertz CT molecular complexity index is 520. The van der Waals surface area contributed by atoms with Crippen molar-refractivity contribution in [2.75, 3.05) is 39.3 Å². The maximum atomic E-state index is 12.2. The van der Waals surface area contributed by atoms with Crippen LogP contribution >= 0.6 is 0 Å². The van der Waals surface area contributed by atoms with Gasteiger partial charge in [0.25, 0.3) is 0 Å². The summed E-state index contributed by atoms with van der Waals surface area (Å²) in [4.78, 5) is 16.5. The zero-order chi connectivity index (χ0) is 15.5. The van der Waals surface area contributed by atoms with E-state index < -0.39 is 0 Å². The molecule has 0 bridgehead atoms. The summed E-state index contributed by atoms with van der Waals surface area (Å²) < 4.78 is 2.24. The standard InChI is InChI=1S/C15H26N6O/c1-12(2)15-18-17-13-11-19(9-10-21(13)15)6-3-14(22)20-7-4-16-5-8-20/h12,16H,3-11H2,1-2H3. The Morgan fingerprint density at radius 2 is 1.95 bits per heavy atom. The van der Waals surface area contributed by atoms with Gasteiger partial charge >= 0.3 is 0 Å². The van der Waals surface area contributed by atoms with Crippen molar-refractivity contribution in [2.45, 2.75) is 39.3 Å².